The molecule has 2 N–H and O–H groups in total. The molecular weight excluding hydrogens is 260 g/mol. The molecule has 1 aromatic heterocycles. The molecule has 0 radical (unpaired) electrons. The zero-order valence-corrected chi connectivity index (χ0v) is 12.2. The SMILES string of the molecule is CSC1CCCCC1Nc1nc(C)ccc1C(=O)O. The standard InChI is InChI=1S/C14H20N2O2S/c1-9-7-8-10(14(17)18)13(15-9)16-11-5-3-4-6-12(11)19-2/h7-8,11-12H,3-6H2,1-2H3,(H,15,16)(H,17,18). The lowest BCUT2D eigenvalue weighted by Crippen LogP contribution is -2.35. The Morgan fingerprint density at radius 3 is 2.84 bits per heavy atom. The maximum atomic E-state index is 11.2. The number of nitrogens with zero attached hydrogens (tertiary/aromatic N) is 1. The number of carbonyl (C=O) groups is 1. The van der Waals surface area contributed by atoms with Gasteiger partial charge in [-0.3, -0.25) is 0 Å². The van der Waals surface area contributed by atoms with Crippen LogP contribution in [0.5, 0.6) is 0 Å². The number of aromatic nitrogens is 1. The largest absolute Gasteiger partial charge is 0.478 e. The molecule has 1 fully saturated rings. The van der Waals surface area contributed by atoms with Crippen LogP contribution in [0.25, 0.3) is 0 Å². The molecule has 0 bridgehead atoms. The zero-order chi connectivity index (χ0) is 13.8. The Bertz CT molecular complexity index is 465. The van der Waals surface area contributed by atoms with Crippen LogP contribution in [0.15, 0.2) is 12.1 Å². The lowest BCUT2D eigenvalue weighted by atomic mass is 9.94. The molecule has 1 aliphatic rings. The lowest BCUT2D eigenvalue weighted by molar-refractivity contribution is 0.0697. The fraction of sp³-hybridized carbons (Fsp3) is 0.571. The first kappa shape index (κ1) is 14.2. The Balaban J connectivity index is 2.21. The zero-order valence-electron chi connectivity index (χ0n) is 11.3. The molecule has 1 aromatic rings. The van der Waals surface area contributed by atoms with E-state index in [4.69, 9.17) is 0 Å². The third-order valence-electron chi connectivity index (χ3n) is 3.59. The van der Waals surface area contributed by atoms with Crippen molar-refractivity contribution in [2.24, 2.45) is 0 Å². The van der Waals surface area contributed by atoms with Gasteiger partial charge in [-0.2, -0.15) is 11.8 Å². The van der Waals surface area contributed by atoms with Crippen molar-refractivity contribution in [1.82, 2.24) is 4.98 Å². The highest BCUT2D eigenvalue weighted by Gasteiger charge is 2.26. The van der Waals surface area contributed by atoms with Gasteiger partial charge in [-0.25, -0.2) is 9.78 Å². The number of anilines is 1. The van der Waals surface area contributed by atoms with E-state index in [1.165, 1.54) is 19.3 Å². The molecular formula is C14H20N2O2S. The average Bonchev–Trinajstić information content (AvgIpc) is 2.39. The Hall–Kier alpha value is -1.23. The molecule has 19 heavy (non-hydrogen) atoms. The Morgan fingerprint density at radius 2 is 2.16 bits per heavy atom. The summed E-state index contributed by atoms with van der Waals surface area (Å²) >= 11 is 1.85. The van der Waals surface area contributed by atoms with Crippen molar-refractivity contribution in [2.75, 3.05) is 11.6 Å². The third-order valence-corrected chi connectivity index (χ3v) is 4.76. The first-order chi connectivity index (χ1) is 9.11. The van der Waals surface area contributed by atoms with Crippen LogP contribution in [0.4, 0.5) is 5.82 Å². The molecule has 4 nitrogen and oxygen atoms in total. The van der Waals surface area contributed by atoms with Gasteiger partial charge in [0, 0.05) is 17.0 Å². The summed E-state index contributed by atoms with van der Waals surface area (Å²) in [5, 5.41) is 13.1. The van der Waals surface area contributed by atoms with Gasteiger partial charge in [0.05, 0.1) is 0 Å². The topological polar surface area (TPSA) is 62.2 Å². The number of aryl methyl sites for hydroxylation is 1. The minimum atomic E-state index is -0.925. The number of carboxylic acid groups (broad SMARTS) is 1. The van der Waals surface area contributed by atoms with Crippen LogP contribution >= 0.6 is 11.8 Å². The average molecular weight is 280 g/mol. The summed E-state index contributed by atoms with van der Waals surface area (Å²) < 4.78 is 0. The number of hydrogen-bond donors (Lipinski definition) is 2. The summed E-state index contributed by atoms with van der Waals surface area (Å²) in [4.78, 5) is 15.6. The summed E-state index contributed by atoms with van der Waals surface area (Å²) in [5.41, 5.74) is 1.10. The van der Waals surface area contributed by atoms with E-state index in [1.54, 1.807) is 12.1 Å². The number of nitrogens with one attached hydrogen (secondary N) is 1. The second-order valence-electron chi connectivity index (χ2n) is 4.96. The van der Waals surface area contributed by atoms with E-state index in [2.05, 4.69) is 16.6 Å². The van der Waals surface area contributed by atoms with Crippen molar-refractivity contribution in [3.05, 3.63) is 23.4 Å². The normalized spacial score (nSPS) is 23.1. The number of pyridine rings is 1. The molecule has 0 aliphatic heterocycles. The monoisotopic (exact) mass is 280 g/mol. The van der Waals surface area contributed by atoms with E-state index in [-0.39, 0.29) is 5.56 Å². The molecule has 1 heterocycles. The summed E-state index contributed by atoms with van der Waals surface area (Å²) in [5.74, 6) is -0.412. The van der Waals surface area contributed by atoms with E-state index < -0.39 is 5.97 Å². The molecule has 0 amide bonds. The number of carboxylic acids is 1. The molecule has 2 atom stereocenters. The maximum absolute atomic E-state index is 11.2. The highest BCUT2D eigenvalue weighted by atomic mass is 32.2. The Kier molecular flexibility index (Phi) is 4.69. The van der Waals surface area contributed by atoms with Crippen molar-refractivity contribution in [1.29, 1.82) is 0 Å². The molecule has 0 saturated heterocycles. The molecule has 1 saturated carbocycles. The van der Waals surface area contributed by atoms with E-state index in [9.17, 15) is 9.90 Å². The number of hydrogen-bond acceptors (Lipinski definition) is 4. The summed E-state index contributed by atoms with van der Waals surface area (Å²) in [7, 11) is 0. The smallest absolute Gasteiger partial charge is 0.339 e. The summed E-state index contributed by atoms with van der Waals surface area (Å²) in [6.45, 7) is 1.88. The summed E-state index contributed by atoms with van der Waals surface area (Å²) in [6.07, 6.45) is 6.85. The highest BCUT2D eigenvalue weighted by Crippen LogP contribution is 2.30. The van der Waals surface area contributed by atoms with Crippen LogP contribution in [-0.4, -0.2) is 33.6 Å². The van der Waals surface area contributed by atoms with Crippen LogP contribution in [-0.2, 0) is 0 Å². The van der Waals surface area contributed by atoms with Crippen LogP contribution in [0, 0.1) is 6.92 Å². The van der Waals surface area contributed by atoms with Crippen LogP contribution in [0.1, 0.15) is 41.7 Å². The maximum Gasteiger partial charge on any atom is 0.339 e. The van der Waals surface area contributed by atoms with Gasteiger partial charge >= 0.3 is 5.97 Å². The van der Waals surface area contributed by atoms with Crippen LogP contribution in [0.2, 0.25) is 0 Å². The van der Waals surface area contributed by atoms with E-state index in [0.717, 1.165) is 12.1 Å². The van der Waals surface area contributed by atoms with E-state index in [0.29, 0.717) is 17.1 Å². The Labute approximate surface area is 118 Å². The van der Waals surface area contributed by atoms with Crippen LogP contribution in [0.3, 0.4) is 0 Å². The highest BCUT2D eigenvalue weighted by molar-refractivity contribution is 7.99. The molecule has 0 aromatic carbocycles. The minimum absolute atomic E-state index is 0.260. The predicted molar refractivity (Wildman–Crippen MR) is 79.1 cm³/mol. The van der Waals surface area contributed by atoms with Gasteiger partial charge in [0.1, 0.15) is 11.4 Å². The molecule has 1 aliphatic carbocycles. The van der Waals surface area contributed by atoms with Crippen molar-refractivity contribution >= 4 is 23.5 Å². The fourth-order valence-corrected chi connectivity index (χ4v) is 3.49. The first-order valence-electron chi connectivity index (χ1n) is 6.62. The number of thioether (sulfide) groups is 1. The summed E-state index contributed by atoms with van der Waals surface area (Å²) in [6, 6.07) is 3.68. The quantitative estimate of drug-likeness (QED) is 0.887. The minimum Gasteiger partial charge on any atom is -0.478 e. The van der Waals surface area contributed by atoms with Crippen molar-refractivity contribution < 1.29 is 9.90 Å². The lowest BCUT2D eigenvalue weighted by Gasteiger charge is -2.31. The molecule has 2 rings (SSSR count). The van der Waals surface area contributed by atoms with Crippen LogP contribution < -0.4 is 5.32 Å². The second-order valence-corrected chi connectivity index (χ2v) is 6.04. The van der Waals surface area contributed by atoms with Gasteiger partial charge in [-0.1, -0.05) is 12.8 Å². The molecule has 2 unspecified atom stereocenters. The van der Waals surface area contributed by atoms with Gasteiger partial charge in [0.25, 0.3) is 0 Å². The van der Waals surface area contributed by atoms with E-state index >= 15 is 0 Å². The molecule has 104 valence electrons. The van der Waals surface area contributed by atoms with E-state index in [1.807, 2.05) is 18.7 Å². The van der Waals surface area contributed by atoms with Gasteiger partial charge in [-0.05, 0) is 38.2 Å². The van der Waals surface area contributed by atoms with Gasteiger partial charge in [-0.15, -0.1) is 0 Å². The van der Waals surface area contributed by atoms with Crippen molar-refractivity contribution in [3.8, 4) is 0 Å². The second kappa shape index (κ2) is 6.28. The molecule has 5 heteroatoms. The number of aromatic carboxylic acids is 1. The first-order valence-corrected chi connectivity index (χ1v) is 7.91. The van der Waals surface area contributed by atoms with Crippen molar-refractivity contribution in [2.45, 2.75) is 43.9 Å². The number of rotatable bonds is 4. The van der Waals surface area contributed by atoms with Gasteiger partial charge in [0.2, 0.25) is 0 Å². The Morgan fingerprint density at radius 1 is 1.42 bits per heavy atom. The van der Waals surface area contributed by atoms with Gasteiger partial charge in [0.15, 0.2) is 0 Å². The van der Waals surface area contributed by atoms with Crippen molar-refractivity contribution in [3.63, 3.8) is 0 Å². The third kappa shape index (κ3) is 3.41. The van der Waals surface area contributed by atoms with Gasteiger partial charge < -0.3 is 10.4 Å². The molecule has 0 spiro atoms. The fourth-order valence-electron chi connectivity index (χ4n) is 2.56. The predicted octanol–water partition coefficient (Wildman–Crippen LogP) is 3.17.